The standard InChI is InChI=1S/C8H16FNOSi/c1-12(2,9)7-10-6-4-3-5-8(10)11/h3-7H2,1-2H3. The van der Waals surface area contributed by atoms with Crippen molar-refractivity contribution >= 4 is 14.3 Å². The van der Waals surface area contributed by atoms with Gasteiger partial charge in [-0.05, 0) is 25.9 Å². The topological polar surface area (TPSA) is 20.3 Å². The van der Waals surface area contributed by atoms with E-state index in [1.165, 1.54) is 0 Å². The molecule has 0 atom stereocenters. The molecule has 0 aromatic heterocycles. The van der Waals surface area contributed by atoms with Crippen LogP contribution in [0.1, 0.15) is 19.3 Å². The van der Waals surface area contributed by atoms with E-state index in [2.05, 4.69) is 0 Å². The van der Waals surface area contributed by atoms with Crippen molar-refractivity contribution in [3.8, 4) is 0 Å². The van der Waals surface area contributed by atoms with Gasteiger partial charge in [0.15, 0.2) is 0 Å². The molecule has 4 heteroatoms. The summed E-state index contributed by atoms with van der Waals surface area (Å²) in [4.78, 5) is 12.9. The molecule has 1 rings (SSSR count). The Bertz CT molecular complexity index is 178. The number of carbonyl (C=O) groups is 1. The van der Waals surface area contributed by atoms with Gasteiger partial charge >= 0.3 is 0 Å². The highest BCUT2D eigenvalue weighted by molar-refractivity contribution is 6.70. The molecule has 0 aliphatic carbocycles. The van der Waals surface area contributed by atoms with Crippen LogP contribution in [0.5, 0.6) is 0 Å². The summed E-state index contributed by atoms with van der Waals surface area (Å²) in [5.74, 6) is 0.138. The normalized spacial score (nSPS) is 19.9. The van der Waals surface area contributed by atoms with Crippen LogP contribution in [0.3, 0.4) is 0 Å². The lowest BCUT2D eigenvalue weighted by molar-refractivity contribution is -0.132. The molecule has 12 heavy (non-hydrogen) atoms. The summed E-state index contributed by atoms with van der Waals surface area (Å²) in [6.45, 7) is 4.06. The SMILES string of the molecule is C[Si](C)(F)CN1CCCCC1=O. The fourth-order valence-electron chi connectivity index (χ4n) is 1.48. The second-order valence-electron chi connectivity index (χ2n) is 3.99. The van der Waals surface area contributed by atoms with E-state index in [1.54, 1.807) is 18.0 Å². The fourth-order valence-corrected chi connectivity index (χ4v) is 2.72. The minimum Gasteiger partial charge on any atom is -0.343 e. The molecule has 1 saturated heterocycles. The van der Waals surface area contributed by atoms with Crippen molar-refractivity contribution in [1.29, 1.82) is 0 Å². The average molecular weight is 189 g/mol. The summed E-state index contributed by atoms with van der Waals surface area (Å²) in [5, 5.41) is 0. The third-order valence-electron chi connectivity index (χ3n) is 1.99. The monoisotopic (exact) mass is 189 g/mol. The van der Waals surface area contributed by atoms with Crippen LogP contribution in [0.4, 0.5) is 4.11 Å². The number of likely N-dealkylation sites (tertiary alicyclic amines) is 1. The summed E-state index contributed by atoms with van der Waals surface area (Å²) >= 11 is 0. The highest BCUT2D eigenvalue weighted by atomic mass is 28.4. The van der Waals surface area contributed by atoms with Crippen molar-refractivity contribution in [2.45, 2.75) is 32.4 Å². The third kappa shape index (κ3) is 2.93. The van der Waals surface area contributed by atoms with Gasteiger partial charge in [0.25, 0.3) is 8.41 Å². The molecule has 0 aromatic rings. The van der Waals surface area contributed by atoms with Gasteiger partial charge in [-0.2, -0.15) is 0 Å². The summed E-state index contributed by atoms with van der Waals surface area (Å²) in [6.07, 6.45) is 3.01. The van der Waals surface area contributed by atoms with Gasteiger partial charge in [-0.3, -0.25) is 4.79 Å². The summed E-state index contributed by atoms with van der Waals surface area (Å²) < 4.78 is 13.3. The molecule has 1 amide bonds. The summed E-state index contributed by atoms with van der Waals surface area (Å²) in [6, 6.07) is 0. The maximum absolute atomic E-state index is 13.3. The van der Waals surface area contributed by atoms with Crippen LogP contribution in [-0.4, -0.2) is 31.9 Å². The van der Waals surface area contributed by atoms with Gasteiger partial charge in [-0.15, -0.1) is 0 Å². The molecule has 0 radical (unpaired) electrons. The number of amides is 1. The highest BCUT2D eigenvalue weighted by Crippen LogP contribution is 2.14. The zero-order valence-corrected chi connectivity index (χ0v) is 8.77. The van der Waals surface area contributed by atoms with Gasteiger partial charge in [0.05, 0.1) is 0 Å². The van der Waals surface area contributed by atoms with Crippen molar-refractivity contribution < 1.29 is 8.90 Å². The largest absolute Gasteiger partial charge is 0.343 e. The summed E-state index contributed by atoms with van der Waals surface area (Å²) in [5.41, 5.74) is 0. The van der Waals surface area contributed by atoms with Gasteiger partial charge in [0, 0.05) is 19.1 Å². The molecule has 1 aliphatic rings. The first kappa shape index (κ1) is 9.70. The Morgan fingerprint density at radius 2 is 2.17 bits per heavy atom. The smallest absolute Gasteiger partial charge is 0.259 e. The van der Waals surface area contributed by atoms with Gasteiger partial charge in [0.1, 0.15) is 0 Å². The van der Waals surface area contributed by atoms with Crippen LogP contribution >= 0.6 is 0 Å². The van der Waals surface area contributed by atoms with E-state index < -0.39 is 8.41 Å². The Kier molecular flexibility index (Phi) is 2.88. The van der Waals surface area contributed by atoms with Crippen LogP contribution in [-0.2, 0) is 4.79 Å². The van der Waals surface area contributed by atoms with Crippen molar-refractivity contribution in [3.63, 3.8) is 0 Å². The molecular formula is C8H16FNOSi. The highest BCUT2D eigenvalue weighted by Gasteiger charge is 2.28. The van der Waals surface area contributed by atoms with Gasteiger partial charge < -0.3 is 9.01 Å². The first-order chi connectivity index (χ1) is 5.49. The van der Waals surface area contributed by atoms with Gasteiger partial charge in [-0.1, -0.05) is 0 Å². The van der Waals surface area contributed by atoms with Gasteiger partial charge in [0.2, 0.25) is 5.91 Å². The van der Waals surface area contributed by atoms with Crippen LogP contribution < -0.4 is 0 Å². The number of nitrogens with zero attached hydrogens (tertiary/aromatic N) is 1. The fraction of sp³-hybridized carbons (Fsp3) is 0.875. The minimum absolute atomic E-state index is 0.138. The van der Waals surface area contributed by atoms with E-state index >= 15 is 0 Å². The second-order valence-corrected chi connectivity index (χ2v) is 7.74. The predicted octanol–water partition coefficient (Wildman–Crippen LogP) is 1.71. The van der Waals surface area contributed by atoms with Crippen LogP contribution in [0.2, 0.25) is 13.1 Å². The van der Waals surface area contributed by atoms with E-state index in [0.29, 0.717) is 12.6 Å². The Balaban J connectivity index is 2.45. The van der Waals surface area contributed by atoms with E-state index in [-0.39, 0.29) is 5.91 Å². The Morgan fingerprint density at radius 1 is 1.50 bits per heavy atom. The van der Waals surface area contributed by atoms with E-state index in [1.807, 2.05) is 0 Å². The molecule has 0 N–H and O–H groups in total. The Labute approximate surface area is 73.9 Å². The molecule has 70 valence electrons. The maximum Gasteiger partial charge on any atom is 0.259 e. The Morgan fingerprint density at radius 3 is 2.67 bits per heavy atom. The van der Waals surface area contributed by atoms with E-state index in [9.17, 15) is 8.90 Å². The number of rotatable bonds is 2. The quantitative estimate of drug-likeness (QED) is 0.478. The van der Waals surface area contributed by atoms with Crippen molar-refractivity contribution in [2.24, 2.45) is 0 Å². The maximum atomic E-state index is 13.3. The molecule has 1 aliphatic heterocycles. The van der Waals surface area contributed by atoms with Crippen molar-refractivity contribution in [2.75, 3.05) is 12.7 Å². The lowest BCUT2D eigenvalue weighted by atomic mass is 10.1. The predicted molar refractivity (Wildman–Crippen MR) is 49.0 cm³/mol. The molecule has 0 unspecified atom stereocenters. The number of piperidine rings is 1. The van der Waals surface area contributed by atoms with E-state index in [0.717, 1.165) is 19.4 Å². The third-order valence-corrected chi connectivity index (χ3v) is 3.12. The number of hydrogen-bond acceptors (Lipinski definition) is 1. The van der Waals surface area contributed by atoms with Crippen molar-refractivity contribution in [3.05, 3.63) is 0 Å². The molecule has 0 saturated carbocycles. The molecule has 1 heterocycles. The first-order valence-electron chi connectivity index (χ1n) is 4.46. The Hall–Kier alpha value is -0.383. The molecule has 0 spiro atoms. The number of hydrogen-bond donors (Lipinski definition) is 0. The zero-order chi connectivity index (χ0) is 9.19. The average Bonchev–Trinajstić information content (AvgIpc) is 1.91. The van der Waals surface area contributed by atoms with Crippen LogP contribution in [0.15, 0.2) is 0 Å². The number of halogens is 1. The van der Waals surface area contributed by atoms with E-state index in [4.69, 9.17) is 0 Å². The van der Waals surface area contributed by atoms with Crippen LogP contribution in [0.25, 0.3) is 0 Å². The lowest BCUT2D eigenvalue weighted by Gasteiger charge is -2.29. The minimum atomic E-state index is -2.58. The number of carbonyl (C=O) groups excluding carboxylic acids is 1. The van der Waals surface area contributed by atoms with Gasteiger partial charge in [-0.25, -0.2) is 0 Å². The lowest BCUT2D eigenvalue weighted by Crippen LogP contribution is -2.45. The first-order valence-corrected chi connectivity index (χ1v) is 7.54. The summed E-state index contributed by atoms with van der Waals surface area (Å²) in [7, 11) is -2.58. The molecular weight excluding hydrogens is 173 g/mol. The second kappa shape index (κ2) is 3.56. The zero-order valence-electron chi connectivity index (χ0n) is 7.77. The van der Waals surface area contributed by atoms with Crippen LogP contribution in [0, 0.1) is 0 Å². The molecule has 0 aromatic carbocycles. The molecule has 0 bridgehead atoms. The molecule has 1 fully saturated rings. The molecule has 2 nitrogen and oxygen atoms in total. The van der Waals surface area contributed by atoms with Crippen molar-refractivity contribution in [1.82, 2.24) is 4.90 Å².